The number of benzene rings is 1. The summed E-state index contributed by atoms with van der Waals surface area (Å²) in [6.07, 6.45) is 0. The van der Waals surface area contributed by atoms with Crippen molar-refractivity contribution in [3.8, 4) is 5.75 Å². The first-order chi connectivity index (χ1) is 5.34. The molecule has 0 bridgehead atoms. The SMILES string of the molecule is CCOCc1ccccc1[O-].[K+]. The van der Waals surface area contributed by atoms with E-state index in [1.807, 2.05) is 13.0 Å². The van der Waals surface area contributed by atoms with Crippen LogP contribution in [0.15, 0.2) is 24.3 Å². The van der Waals surface area contributed by atoms with Gasteiger partial charge in [0.1, 0.15) is 0 Å². The summed E-state index contributed by atoms with van der Waals surface area (Å²) >= 11 is 0. The van der Waals surface area contributed by atoms with Crippen LogP contribution in [0.5, 0.6) is 5.75 Å². The Balaban J connectivity index is 0.00000121. The summed E-state index contributed by atoms with van der Waals surface area (Å²) in [5.41, 5.74) is 0.731. The monoisotopic (exact) mass is 190 g/mol. The first kappa shape index (κ1) is 12.6. The van der Waals surface area contributed by atoms with Gasteiger partial charge in [-0.3, -0.25) is 0 Å². The van der Waals surface area contributed by atoms with Crippen LogP contribution in [-0.4, -0.2) is 6.61 Å². The molecule has 2 nitrogen and oxygen atoms in total. The Bertz CT molecular complexity index is 226. The Morgan fingerprint density at radius 1 is 1.33 bits per heavy atom. The van der Waals surface area contributed by atoms with Crippen molar-refractivity contribution in [3.63, 3.8) is 0 Å². The molecule has 0 fully saturated rings. The van der Waals surface area contributed by atoms with Gasteiger partial charge in [0, 0.05) is 6.61 Å². The molecule has 0 unspecified atom stereocenters. The summed E-state index contributed by atoms with van der Waals surface area (Å²) in [5.74, 6) is 0.0564. The van der Waals surface area contributed by atoms with Gasteiger partial charge in [-0.05, 0) is 12.5 Å². The fourth-order valence-electron chi connectivity index (χ4n) is 0.835. The Hall–Kier alpha value is 0.616. The minimum atomic E-state index is 0. The molecule has 0 radical (unpaired) electrons. The van der Waals surface area contributed by atoms with Crippen molar-refractivity contribution < 1.29 is 61.2 Å². The fraction of sp³-hybridized carbons (Fsp3) is 0.333. The molecule has 0 spiro atoms. The Morgan fingerprint density at radius 3 is 2.58 bits per heavy atom. The first-order valence-electron chi connectivity index (χ1n) is 3.67. The predicted octanol–water partition coefficient (Wildman–Crippen LogP) is -1.70. The summed E-state index contributed by atoms with van der Waals surface area (Å²) in [7, 11) is 0. The van der Waals surface area contributed by atoms with Gasteiger partial charge in [0.25, 0.3) is 0 Å². The summed E-state index contributed by atoms with van der Waals surface area (Å²) in [5, 5.41) is 11.0. The second kappa shape index (κ2) is 7.06. The van der Waals surface area contributed by atoms with Crippen LogP contribution in [0.4, 0.5) is 0 Å². The summed E-state index contributed by atoms with van der Waals surface area (Å²) in [6, 6.07) is 6.92. The molecule has 0 saturated carbocycles. The minimum Gasteiger partial charge on any atom is -0.872 e. The molecular weight excluding hydrogens is 179 g/mol. The third kappa shape index (κ3) is 4.03. The molecule has 0 aliphatic heterocycles. The average molecular weight is 190 g/mol. The van der Waals surface area contributed by atoms with Crippen molar-refractivity contribution in [1.29, 1.82) is 0 Å². The van der Waals surface area contributed by atoms with Crippen LogP contribution >= 0.6 is 0 Å². The van der Waals surface area contributed by atoms with E-state index in [-0.39, 0.29) is 57.1 Å². The van der Waals surface area contributed by atoms with Crippen LogP contribution in [0.1, 0.15) is 12.5 Å². The van der Waals surface area contributed by atoms with Crippen LogP contribution in [-0.2, 0) is 11.3 Å². The van der Waals surface area contributed by atoms with E-state index in [0.29, 0.717) is 13.2 Å². The summed E-state index contributed by atoms with van der Waals surface area (Å²) in [6.45, 7) is 2.98. The van der Waals surface area contributed by atoms with Gasteiger partial charge in [0.05, 0.1) is 6.61 Å². The molecule has 12 heavy (non-hydrogen) atoms. The van der Waals surface area contributed by atoms with E-state index in [2.05, 4.69) is 0 Å². The Labute approximate surface area is 115 Å². The Kier molecular flexibility index (Phi) is 7.42. The third-order valence-electron chi connectivity index (χ3n) is 1.43. The molecule has 0 aliphatic carbocycles. The van der Waals surface area contributed by atoms with E-state index in [1.165, 1.54) is 0 Å². The smallest absolute Gasteiger partial charge is 0.872 e. The number of hydrogen-bond acceptors (Lipinski definition) is 2. The van der Waals surface area contributed by atoms with Gasteiger partial charge in [-0.25, -0.2) is 0 Å². The van der Waals surface area contributed by atoms with Gasteiger partial charge >= 0.3 is 51.4 Å². The quantitative estimate of drug-likeness (QED) is 0.532. The van der Waals surface area contributed by atoms with E-state index in [1.54, 1.807) is 18.2 Å². The van der Waals surface area contributed by atoms with Gasteiger partial charge in [-0.15, -0.1) is 5.75 Å². The number of para-hydroxylation sites is 1. The van der Waals surface area contributed by atoms with Crippen LogP contribution in [0.3, 0.4) is 0 Å². The van der Waals surface area contributed by atoms with Gasteiger partial charge < -0.3 is 9.84 Å². The molecule has 0 saturated heterocycles. The standard InChI is InChI=1S/C9H12O2.K/c1-2-11-7-8-5-3-4-6-9(8)10;/h3-6,10H,2,7H2,1H3;/q;+1/p-1. The molecule has 0 N–H and O–H groups in total. The first-order valence-corrected chi connectivity index (χ1v) is 3.67. The van der Waals surface area contributed by atoms with Crippen LogP contribution in [0.2, 0.25) is 0 Å². The maximum absolute atomic E-state index is 11.0. The second-order valence-corrected chi connectivity index (χ2v) is 2.24. The summed E-state index contributed by atoms with van der Waals surface area (Å²) < 4.78 is 5.10. The molecule has 1 aromatic carbocycles. The largest absolute Gasteiger partial charge is 1.00 e. The zero-order valence-electron chi connectivity index (χ0n) is 7.54. The molecule has 3 heteroatoms. The molecule has 60 valence electrons. The molecule has 0 amide bonds. The molecular formula is C9H11KO2. The van der Waals surface area contributed by atoms with E-state index in [4.69, 9.17) is 4.74 Å². The van der Waals surface area contributed by atoms with E-state index in [9.17, 15) is 5.11 Å². The normalized spacial score (nSPS) is 9.08. The van der Waals surface area contributed by atoms with Gasteiger partial charge in [-0.2, -0.15) is 0 Å². The van der Waals surface area contributed by atoms with Crippen molar-refractivity contribution in [2.75, 3.05) is 6.61 Å². The average Bonchev–Trinajstić information content (AvgIpc) is 2.03. The molecule has 1 aromatic rings. The molecule has 0 aliphatic rings. The maximum atomic E-state index is 11.0. The van der Waals surface area contributed by atoms with E-state index < -0.39 is 0 Å². The topological polar surface area (TPSA) is 32.3 Å². The van der Waals surface area contributed by atoms with Crippen molar-refractivity contribution in [2.24, 2.45) is 0 Å². The van der Waals surface area contributed by atoms with Gasteiger partial charge in [-0.1, -0.05) is 24.3 Å². The number of hydrogen-bond donors (Lipinski definition) is 0. The second-order valence-electron chi connectivity index (χ2n) is 2.24. The number of ether oxygens (including phenoxy) is 1. The van der Waals surface area contributed by atoms with Gasteiger partial charge in [0.2, 0.25) is 0 Å². The van der Waals surface area contributed by atoms with Crippen molar-refractivity contribution in [3.05, 3.63) is 29.8 Å². The maximum Gasteiger partial charge on any atom is 1.00 e. The fourth-order valence-corrected chi connectivity index (χ4v) is 0.835. The van der Waals surface area contributed by atoms with Crippen molar-refractivity contribution in [1.82, 2.24) is 0 Å². The Morgan fingerprint density at radius 2 is 2.00 bits per heavy atom. The van der Waals surface area contributed by atoms with E-state index >= 15 is 0 Å². The minimum absolute atomic E-state index is 0. The predicted molar refractivity (Wildman–Crippen MR) is 41.2 cm³/mol. The summed E-state index contributed by atoms with van der Waals surface area (Å²) in [4.78, 5) is 0. The van der Waals surface area contributed by atoms with Crippen molar-refractivity contribution >= 4 is 0 Å². The van der Waals surface area contributed by atoms with Crippen LogP contribution in [0.25, 0.3) is 0 Å². The molecule has 0 aromatic heterocycles. The zero-order valence-corrected chi connectivity index (χ0v) is 10.7. The number of rotatable bonds is 3. The molecule has 1 rings (SSSR count). The van der Waals surface area contributed by atoms with E-state index in [0.717, 1.165) is 5.56 Å². The van der Waals surface area contributed by atoms with Crippen molar-refractivity contribution in [2.45, 2.75) is 13.5 Å². The van der Waals surface area contributed by atoms with Gasteiger partial charge in [0.15, 0.2) is 0 Å². The molecule has 0 heterocycles. The van der Waals surface area contributed by atoms with Crippen LogP contribution < -0.4 is 56.5 Å². The van der Waals surface area contributed by atoms with Crippen LogP contribution in [0, 0.1) is 0 Å². The molecule has 0 atom stereocenters. The zero-order chi connectivity index (χ0) is 8.10. The third-order valence-corrected chi connectivity index (χ3v) is 1.43.